The average molecular weight is 340 g/mol. The van der Waals surface area contributed by atoms with E-state index in [9.17, 15) is 14.4 Å². The number of esters is 1. The maximum atomic E-state index is 12.7. The van der Waals surface area contributed by atoms with E-state index in [0.717, 1.165) is 12.0 Å². The molecule has 1 atom stereocenters. The second-order valence-corrected chi connectivity index (χ2v) is 6.11. The van der Waals surface area contributed by atoms with E-state index in [1.165, 1.54) is 15.5 Å². The molecule has 1 aromatic heterocycles. The third-order valence-electron chi connectivity index (χ3n) is 4.36. The zero-order chi connectivity index (χ0) is 17.8. The summed E-state index contributed by atoms with van der Waals surface area (Å²) in [5, 5.41) is 0. The highest BCUT2D eigenvalue weighted by atomic mass is 16.5. The van der Waals surface area contributed by atoms with Gasteiger partial charge in [-0.1, -0.05) is 30.3 Å². The molecule has 1 aliphatic heterocycles. The van der Waals surface area contributed by atoms with Crippen molar-refractivity contribution in [2.24, 2.45) is 7.05 Å². The number of hydrogen-bond acceptors (Lipinski definition) is 4. The summed E-state index contributed by atoms with van der Waals surface area (Å²) in [4.78, 5) is 38.3. The van der Waals surface area contributed by atoms with E-state index in [1.807, 2.05) is 30.3 Å². The first-order valence-electron chi connectivity index (χ1n) is 8.24. The molecule has 0 unspecified atom stereocenters. The normalized spacial score (nSPS) is 16.7. The first-order valence-corrected chi connectivity index (χ1v) is 8.24. The molecule has 6 nitrogen and oxygen atoms in total. The highest BCUT2D eigenvalue weighted by Gasteiger charge is 2.35. The number of ether oxygens (including phenoxy) is 1. The van der Waals surface area contributed by atoms with Gasteiger partial charge in [-0.3, -0.25) is 9.59 Å². The highest BCUT2D eigenvalue weighted by molar-refractivity contribution is 5.97. The Morgan fingerprint density at radius 2 is 1.96 bits per heavy atom. The van der Waals surface area contributed by atoms with Crippen molar-refractivity contribution in [2.45, 2.75) is 25.5 Å². The Kier molecular flexibility index (Phi) is 4.97. The molecule has 0 spiro atoms. The minimum Gasteiger partial charge on any atom is -0.459 e. The summed E-state index contributed by atoms with van der Waals surface area (Å²) in [5.74, 6) is -0.713. The number of amides is 1. The van der Waals surface area contributed by atoms with E-state index in [2.05, 4.69) is 0 Å². The van der Waals surface area contributed by atoms with Crippen LogP contribution in [-0.4, -0.2) is 33.9 Å². The predicted octanol–water partition coefficient (Wildman–Crippen LogP) is 1.73. The van der Waals surface area contributed by atoms with Crippen LogP contribution >= 0.6 is 0 Å². The SMILES string of the molecule is Cn1ccc(C(=O)N2CCC[C@@H]2C(=O)OCc2ccccc2)cc1=O. The monoisotopic (exact) mass is 340 g/mol. The predicted molar refractivity (Wildman–Crippen MR) is 92.0 cm³/mol. The number of rotatable bonds is 4. The zero-order valence-electron chi connectivity index (χ0n) is 14.1. The van der Waals surface area contributed by atoms with Crippen molar-refractivity contribution in [1.82, 2.24) is 9.47 Å². The van der Waals surface area contributed by atoms with Gasteiger partial charge in [-0.2, -0.15) is 0 Å². The van der Waals surface area contributed by atoms with Crippen LogP contribution < -0.4 is 5.56 Å². The number of nitrogens with zero attached hydrogens (tertiary/aromatic N) is 2. The van der Waals surface area contributed by atoms with Crippen LogP contribution in [0.25, 0.3) is 0 Å². The third kappa shape index (κ3) is 3.79. The lowest BCUT2D eigenvalue weighted by atomic mass is 10.2. The molecular formula is C19H20N2O4. The number of pyridine rings is 1. The Bertz CT molecular complexity index is 829. The first-order chi connectivity index (χ1) is 12.1. The van der Waals surface area contributed by atoms with Crippen molar-refractivity contribution < 1.29 is 14.3 Å². The van der Waals surface area contributed by atoms with Crippen LogP contribution in [0.5, 0.6) is 0 Å². The lowest BCUT2D eigenvalue weighted by molar-refractivity contribution is -0.149. The number of hydrogen-bond donors (Lipinski definition) is 0. The van der Waals surface area contributed by atoms with Gasteiger partial charge in [0.2, 0.25) is 0 Å². The minimum atomic E-state index is -0.597. The molecule has 3 rings (SSSR count). The van der Waals surface area contributed by atoms with Gasteiger partial charge in [0.05, 0.1) is 0 Å². The van der Waals surface area contributed by atoms with Crippen molar-refractivity contribution in [1.29, 1.82) is 0 Å². The lowest BCUT2D eigenvalue weighted by Crippen LogP contribution is -2.41. The molecule has 0 N–H and O–H groups in total. The van der Waals surface area contributed by atoms with E-state index in [4.69, 9.17) is 4.74 Å². The molecule has 1 aliphatic rings. The molecule has 2 aromatic rings. The molecule has 0 saturated carbocycles. The molecule has 1 fully saturated rings. The Labute approximate surface area is 145 Å². The van der Waals surface area contributed by atoms with Crippen molar-refractivity contribution in [3.63, 3.8) is 0 Å². The molecule has 1 saturated heterocycles. The van der Waals surface area contributed by atoms with Crippen molar-refractivity contribution in [2.75, 3.05) is 6.54 Å². The molecule has 25 heavy (non-hydrogen) atoms. The second-order valence-electron chi connectivity index (χ2n) is 6.11. The number of aromatic nitrogens is 1. The highest BCUT2D eigenvalue weighted by Crippen LogP contribution is 2.21. The van der Waals surface area contributed by atoms with E-state index < -0.39 is 12.0 Å². The van der Waals surface area contributed by atoms with Gasteiger partial charge in [0.1, 0.15) is 12.6 Å². The molecule has 6 heteroatoms. The molecule has 0 aliphatic carbocycles. The quantitative estimate of drug-likeness (QED) is 0.795. The van der Waals surface area contributed by atoms with Crippen molar-refractivity contribution >= 4 is 11.9 Å². The smallest absolute Gasteiger partial charge is 0.329 e. The Morgan fingerprint density at radius 3 is 2.68 bits per heavy atom. The van der Waals surface area contributed by atoms with Crippen molar-refractivity contribution in [3.8, 4) is 0 Å². The zero-order valence-corrected chi connectivity index (χ0v) is 14.1. The van der Waals surface area contributed by atoms with E-state index in [-0.39, 0.29) is 18.1 Å². The van der Waals surface area contributed by atoms with Crippen LogP contribution in [-0.2, 0) is 23.2 Å². The third-order valence-corrected chi connectivity index (χ3v) is 4.36. The van der Waals surface area contributed by atoms with Crippen LogP contribution in [0.15, 0.2) is 53.5 Å². The molecule has 130 valence electrons. The number of carbonyl (C=O) groups excluding carboxylic acids is 2. The van der Waals surface area contributed by atoms with E-state index in [0.29, 0.717) is 18.5 Å². The largest absolute Gasteiger partial charge is 0.459 e. The summed E-state index contributed by atoms with van der Waals surface area (Å²) < 4.78 is 6.77. The number of likely N-dealkylation sites (tertiary alicyclic amines) is 1. The van der Waals surface area contributed by atoms with Crippen molar-refractivity contribution in [3.05, 3.63) is 70.1 Å². The number of aryl methyl sites for hydroxylation is 1. The van der Waals surface area contributed by atoms with Gasteiger partial charge in [-0.15, -0.1) is 0 Å². The summed E-state index contributed by atoms with van der Waals surface area (Å²) in [6.45, 7) is 0.670. The van der Waals surface area contributed by atoms with Crippen LogP contribution in [0.2, 0.25) is 0 Å². The molecule has 1 aromatic carbocycles. The van der Waals surface area contributed by atoms with Crippen LogP contribution in [0.3, 0.4) is 0 Å². The fourth-order valence-electron chi connectivity index (χ4n) is 2.93. The van der Waals surface area contributed by atoms with Crippen LogP contribution in [0, 0.1) is 0 Å². The Morgan fingerprint density at radius 1 is 1.20 bits per heavy atom. The summed E-state index contributed by atoms with van der Waals surface area (Å²) in [5.41, 5.74) is 0.942. The fourth-order valence-corrected chi connectivity index (χ4v) is 2.93. The number of benzene rings is 1. The maximum absolute atomic E-state index is 12.7. The summed E-state index contributed by atoms with van der Waals surface area (Å²) >= 11 is 0. The van der Waals surface area contributed by atoms with Gasteiger partial charge in [0.25, 0.3) is 11.5 Å². The maximum Gasteiger partial charge on any atom is 0.329 e. The topological polar surface area (TPSA) is 68.6 Å². The van der Waals surface area contributed by atoms with Crippen LogP contribution in [0.1, 0.15) is 28.8 Å². The standard InChI is InChI=1S/C19H20N2O4/c1-20-11-9-15(12-17(20)22)18(23)21-10-5-8-16(21)19(24)25-13-14-6-3-2-4-7-14/h2-4,6-7,9,11-12,16H,5,8,10,13H2,1H3/t16-/m1/s1. The molecule has 1 amide bonds. The van der Waals surface area contributed by atoms with Crippen LogP contribution in [0.4, 0.5) is 0 Å². The second kappa shape index (κ2) is 7.34. The average Bonchev–Trinajstić information content (AvgIpc) is 3.12. The van der Waals surface area contributed by atoms with E-state index in [1.54, 1.807) is 19.3 Å². The first kappa shape index (κ1) is 17.0. The summed E-state index contributed by atoms with van der Waals surface area (Å²) in [7, 11) is 1.62. The number of carbonyl (C=O) groups is 2. The Balaban J connectivity index is 1.69. The molecular weight excluding hydrogens is 320 g/mol. The van der Waals surface area contributed by atoms with Gasteiger partial charge >= 0.3 is 5.97 Å². The molecule has 2 heterocycles. The minimum absolute atomic E-state index is 0.185. The molecule has 0 radical (unpaired) electrons. The summed E-state index contributed by atoms with van der Waals surface area (Å²) in [6.07, 6.45) is 2.86. The van der Waals surface area contributed by atoms with E-state index >= 15 is 0 Å². The Hall–Kier alpha value is -2.89. The van der Waals surface area contributed by atoms with Gasteiger partial charge in [-0.25, -0.2) is 4.79 Å². The van der Waals surface area contributed by atoms with Gasteiger partial charge in [-0.05, 0) is 24.5 Å². The van der Waals surface area contributed by atoms with Gasteiger partial charge < -0.3 is 14.2 Å². The molecule has 0 bridgehead atoms. The van der Waals surface area contributed by atoms with Gasteiger partial charge in [0, 0.05) is 31.4 Å². The fraction of sp³-hybridized carbons (Fsp3) is 0.316. The summed E-state index contributed by atoms with van der Waals surface area (Å²) in [6, 6.07) is 11.7. The van der Waals surface area contributed by atoms with Gasteiger partial charge in [0.15, 0.2) is 0 Å². The lowest BCUT2D eigenvalue weighted by Gasteiger charge is -2.23.